The van der Waals surface area contributed by atoms with Crippen molar-refractivity contribution in [2.45, 2.75) is 71.0 Å². The van der Waals surface area contributed by atoms with Crippen LogP contribution in [-0.4, -0.2) is 31.5 Å². The van der Waals surface area contributed by atoms with Crippen LogP contribution in [0.5, 0.6) is 0 Å². The van der Waals surface area contributed by atoms with Crippen molar-refractivity contribution in [2.75, 3.05) is 19.8 Å². The maximum Gasteiger partial charge on any atom is 0.411 e. The number of alkyl halides is 3. The SMILES string of the molecule is CC(C)(C)NCC1CCCCC1CCCOCC(F)(F)F. The Morgan fingerprint density at radius 1 is 1.05 bits per heavy atom. The van der Waals surface area contributed by atoms with Gasteiger partial charge in [0.2, 0.25) is 0 Å². The van der Waals surface area contributed by atoms with Gasteiger partial charge in [-0.15, -0.1) is 0 Å². The Bertz CT molecular complexity index is 286. The van der Waals surface area contributed by atoms with Crippen molar-refractivity contribution in [2.24, 2.45) is 11.8 Å². The number of hydrogen-bond donors (Lipinski definition) is 1. The molecular formula is C16H30F3NO. The van der Waals surface area contributed by atoms with Crippen LogP contribution >= 0.6 is 0 Å². The zero-order valence-corrected chi connectivity index (χ0v) is 13.6. The summed E-state index contributed by atoms with van der Waals surface area (Å²) in [6, 6.07) is 0. The van der Waals surface area contributed by atoms with Crippen LogP contribution in [0.3, 0.4) is 0 Å². The summed E-state index contributed by atoms with van der Waals surface area (Å²) in [6.45, 7) is 6.60. The largest absolute Gasteiger partial charge is 0.411 e. The highest BCUT2D eigenvalue weighted by atomic mass is 19.4. The number of halogens is 3. The molecule has 126 valence electrons. The maximum absolute atomic E-state index is 12.0. The number of ether oxygens (including phenoxy) is 1. The van der Waals surface area contributed by atoms with Gasteiger partial charge in [-0.05, 0) is 58.4 Å². The van der Waals surface area contributed by atoms with Gasteiger partial charge in [-0.1, -0.05) is 19.3 Å². The molecule has 21 heavy (non-hydrogen) atoms. The summed E-state index contributed by atoms with van der Waals surface area (Å²) in [4.78, 5) is 0. The second-order valence-corrected chi connectivity index (χ2v) is 7.25. The molecule has 5 heteroatoms. The lowest BCUT2D eigenvalue weighted by Crippen LogP contribution is -2.41. The fourth-order valence-electron chi connectivity index (χ4n) is 3.01. The fourth-order valence-corrected chi connectivity index (χ4v) is 3.01. The first-order valence-corrected chi connectivity index (χ1v) is 8.07. The van der Waals surface area contributed by atoms with E-state index >= 15 is 0 Å². The van der Waals surface area contributed by atoms with E-state index in [4.69, 9.17) is 4.74 Å². The van der Waals surface area contributed by atoms with Crippen molar-refractivity contribution in [3.8, 4) is 0 Å². The molecule has 1 aliphatic carbocycles. The van der Waals surface area contributed by atoms with Gasteiger partial charge in [0.25, 0.3) is 0 Å². The van der Waals surface area contributed by atoms with Crippen molar-refractivity contribution in [3.05, 3.63) is 0 Å². The van der Waals surface area contributed by atoms with Crippen LogP contribution in [0.1, 0.15) is 59.3 Å². The molecule has 0 bridgehead atoms. The topological polar surface area (TPSA) is 21.3 Å². The molecule has 1 saturated carbocycles. The van der Waals surface area contributed by atoms with Crippen LogP contribution in [0.2, 0.25) is 0 Å². The lowest BCUT2D eigenvalue weighted by molar-refractivity contribution is -0.174. The predicted octanol–water partition coefficient (Wildman–Crippen LogP) is 4.54. The van der Waals surface area contributed by atoms with Crippen LogP contribution in [0.15, 0.2) is 0 Å². The Hall–Kier alpha value is -0.290. The maximum atomic E-state index is 12.0. The molecule has 0 saturated heterocycles. The first-order valence-electron chi connectivity index (χ1n) is 8.07. The van der Waals surface area contributed by atoms with Crippen LogP contribution in [0.4, 0.5) is 13.2 Å². The summed E-state index contributed by atoms with van der Waals surface area (Å²) in [5.74, 6) is 1.28. The third kappa shape index (κ3) is 9.35. The van der Waals surface area contributed by atoms with Crippen LogP contribution in [0.25, 0.3) is 0 Å². The summed E-state index contributed by atoms with van der Waals surface area (Å²) in [5, 5.41) is 3.56. The molecule has 0 aromatic carbocycles. The average Bonchev–Trinajstić information content (AvgIpc) is 2.35. The second-order valence-electron chi connectivity index (χ2n) is 7.25. The Labute approximate surface area is 126 Å². The monoisotopic (exact) mass is 309 g/mol. The van der Waals surface area contributed by atoms with Gasteiger partial charge in [0.1, 0.15) is 6.61 Å². The Morgan fingerprint density at radius 2 is 1.67 bits per heavy atom. The average molecular weight is 309 g/mol. The van der Waals surface area contributed by atoms with Gasteiger partial charge in [-0.3, -0.25) is 0 Å². The smallest absolute Gasteiger partial charge is 0.372 e. The minimum absolute atomic E-state index is 0.123. The molecular weight excluding hydrogens is 279 g/mol. The van der Waals surface area contributed by atoms with E-state index in [2.05, 4.69) is 26.1 Å². The van der Waals surface area contributed by atoms with Gasteiger partial charge in [0.05, 0.1) is 0 Å². The van der Waals surface area contributed by atoms with Gasteiger partial charge >= 0.3 is 6.18 Å². The van der Waals surface area contributed by atoms with Gasteiger partial charge < -0.3 is 10.1 Å². The summed E-state index contributed by atoms with van der Waals surface area (Å²) in [5.41, 5.74) is 0.123. The molecule has 1 aliphatic rings. The van der Waals surface area contributed by atoms with E-state index in [1.54, 1.807) is 0 Å². The molecule has 2 atom stereocenters. The minimum atomic E-state index is -4.20. The highest BCUT2D eigenvalue weighted by Gasteiger charge is 2.28. The quantitative estimate of drug-likeness (QED) is 0.697. The summed E-state index contributed by atoms with van der Waals surface area (Å²) >= 11 is 0. The molecule has 1 N–H and O–H groups in total. The van der Waals surface area contributed by atoms with E-state index in [9.17, 15) is 13.2 Å². The first-order chi connectivity index (χ1) is 9.67. The highest BCUT2D eigenvalue weighted by Crippen LogP contribution is 2.33. The number of nitrogens with one attached hydrogen (secondary N) is 1. The van der Waals surface area contributed by atoms with Crippen molar-refractivity contribution in [3.63, 3.8) is 0 Å². The third-order valence-corrected chi connectivity index (χ3v) is 4.09. The second kappa shape index (κ2) is 8.37. The summed E-state index contributed by atoms with van der Waals surface area (Å²) in [7, 11) is 0. The third-order valence-electron chi connectivity index (χ3n) is 4.09. The highest BCUT2D eigenvalue weighted by molar-refractivity contribution is 4.80. The summed E-state index contributed by atoms with van der Waals surface area (Å²) < 4.78 is 40.6. The molecule has 0 aromatic rings. The first kappa shape index (κ1) is 18.8. The predicted molar refractivity (Wildman–Crippen MR) is 79.3 cm³/mol. The molecule has 0 aliphatic heterocycles. The molecule has 2 unspecified atom stereocenters. The fraction of sp³-hybridized carbons (Fsp3) is 1.00. The standard InChI is InChI=1S/C16H30F3NO/c1-15(2,3)20-11-14-8-5-4-7-13(14)9-6-10-21-12-16(17,18)19/h13-14,20H,4-12H2,1-3H3. The van der Waals surface area contributed by atoms with Crippen LogP contribution < -0.4 is 5.32 Å². The Morgan fingerprint density at radius 3 is 2.24 bits per heavy atom. The van der Waals surface area contributed by atoms with Crippen molar-refractivity contribution < 1.29 is 17.9 Å². The van der Waals surface area contributed by atoms with Crippen molar-refractivity contribution in [1.29, 1.82) is 0 Å². The zero-order valence-electron chi connectivity index (χ0n) is 13.6. The van der Waals surface area contributed by atoms with Gasteiger partial charge in [0.15, 0.2) is 0 Å². The molecule has 0 radical (unpaired) electrons. The van der Waals surface area contributed by atoms with E-state index in [1.807, 2.05) is 0 Å². The molecule has 2 nitrogen and oxygen atoms in total. The Balaban J connectivity index is 2.23. The molecule has 1 rings (SSSR count). The summed E-state index contributed by atoms with van der Waals surface area (Å²) in [6.07, 6.45) is 2.47. The van der Waals surface area contributed by atoms with E-state index < -0.39 is 12.8 Å². The van der Waals surface area contributed by atoms with Crippen LogP contribution in [-0.2, 0) is 4.74 Å². The number of hydrogen-bond acceptors (Lipinski definition) is 2. The Kier molecular flexibility index (Phi) is 7.48. The minimum Gasteiger partial charge on any atom is -0.372 e. The van der Waals surface area contributed by atoms with Gasteiger partial charge in [0, 0.05) is 12.1 Å². The van der Waals surface area contributed by atoms with Gasteiger partial charge in [-0.2, -0.15) is 13.2 Å². The molecule has 1 fully saturated rings. The van der Waals surface area contributed by atoms with Crippen molar-refractivity contribution >= 4 is 0 Å². The molecule has 0 spiro atoms. The molecule has 0 aromatic heterocycles. The van der Waals surface area contributed by atoms with E-state index in [0.717, 1.165) is 19.4 Å². The van der Waals surface area contributed by atoms with E-state index in [-0.39, 0.29) is 12.1 Å². The van der Waals surface area contributed by atoms with Crippen LogP contribution in [0, 0.1) is 11.8 Å². The molecule has 0 heterocycles. The van der Waals surface area contributed by atoms with E-state index in [0.29, 0.717) is 11.8 Å². The zero-order chi connectivity index (χ0) is 15.9. The molecule has 0 amide bonds. The normalized spacial score (nSPS) is 24.3. The lowest BCUT2D eigenvalue weighted by Gasteiger charge is -2.34. The van der Waals surface area contributed by atoms with Crippen molar-refractivity contribution in [1.82, 2.24) is 5.32 Å². The lowest BCUT2D eigenvalue weighted by atomic mass is 9.76. The van der Waals surface area contributed by atoms with E-state index in [1.165, 1.54) is 25.7 Å². The van der Waals surface area contributed by atoms with Gasteiger partial charge in [-0.25, -0.2) is 0 Å². The number of rotatable bonds is 7.